The summed E-state index contributed by atoms with van der Waals surface area (Å²) in [7, 11) is 3.30. The number of benzene rings is 1. The molecule has 1 saturated carbocycles. The largest absolute Gasteiger partial charge is 0.493 e. The molecule has 1 fully saturated rings. The molecule has 3 rings (SSSR count). The molecule has 0 radical (unpaired) electrons. The summed E-state index contributed by atoms with van der Waals surface area (Å²) in [6.45, 7) is 2.30. The van der Waals surface area contributed by atoms with Crippen LogP contribution in [0.2, 0.25) is 0 Å². The van der Waals surface area contributed by atoms with Gasteiger partial charge >= 0.3 is 0 Å². The van der Waals surface area contributed by atoms with Crippen molar-refractivity contribution in [1.29, 1.82) is 0 Å². The molecule has 1 heterocycles. The van der Waals surface area contributed by atoms with Crippen LogP contribution in [0.3, 0.4) is 0 Å². The highest BCUT2D eigenvalue weighted by Gasteiger charge is 2.33. The second kappa shape index (κ2) is 4.44. The first-order chi connectivity index (χ1) is 9.16. The number of rotatable bonds is 3. The zero-order valence-electron chi connectivity index (χ0n) is 11.7. The summed E-state index contributed by atoms with van der Waals surface area (Å²) in [5.41, 5.74) is 2.15. The average molecular weight is 260 g/mol. The first-order valence-electron chi connectivity index (χ1n) is 6.78. The summed E-state index contributed by atoms with van der Waals surface area (Å²) >= 11 is 0. The Bertz CT molecular complexity index is 556. The quantitative estimate of drug-likeness (QED) is 0.920. The van der Waals surface area contributed by atoms with Crippen LogP contribution in [0.4, 0.5) is 0 Å². The smallest absolute Gasteiger partial charge is 0.163 e. The summed E-state index contributed by atoms with van der Waals surface area (Å²) in [6.07, 6.45) is 5.00. The number of ether oxygens (including phenoxy) is 2. The Hall–Kier alpha value is -1.71. The van der Waals surface area contributed by atoms with Crippen LogP contribution in [0.1, 0.15) is 38.4 Å². The lowest BCUT2D eigenvalue weighted by atomic mass is 9.88. The third-order valence-corrected chi connectivity index (χ3v) is 4.27. The van der Waals surface area contributed by atoms with E-state index < -0.39 is 0 Å². The van der Waals surface area contributed by atoms with Crippen molar-refractivity contribution in [3.05, 3.63) is 18.0 Å². The topological polar surface area (TPSA) is 47.1 Å². The molecule has 0 bridgehead atoms. The van der Waals surface area contributed by atoms with Crippen LogP contribution < -0.4 is 9.47 Å². The summed E-state index contributed by atoms with van der Waals surface area (Å²) in [5, 5.41) is 0. The van der Waals surface area contributed by atoms with Crippen LogP contribution in [0.15, 0.2) is 12.1 Å². The Morgan fingerprint density at radius 2 is 1.74 bits per heavy atom. The molecular weight excluding hydrogens is 240 g/mol. The maximum absolute atomic E-state index is 5.33. The molecule has 1 aliphatic rings. The first kappa shape index (κ1) is 12.3. The van der Waals surface area contributed by atoms with Crippen LogP contribution in [-0.2, 0) is 5.41 Å². The van der Waals surface area contributed by atoms with Gasteiger partial charge in [-0.15, -0.1) is 0 Å². The van der Waals surface area contributed by atoms with Gasteiger partial charge in [-0.1, -0.05) is 19.8 Å². The third-order valence-electron chi connectivity index (χ3n) is 4.27. The Balaban J connectivity index is 2.10. The molecule has 0 saturated heterocycles. The third kappa shape index (κ3) is 1.95. The lowest BCUT2D eigenvalue weighted by Crippen LogP contribution is -2.18. The van der Waals surface area contributed by atoms with Gasteiger partial charge in [0.1, 0.15) is 5.82 Å². The molecule has 1 aromatic carbocycles. The SMILES string of the molecule is COc1cc2nc(C3(C)CCCC3)[nH]c2cc1OC. The van der Waals surface area contributed by atoms with Crippen molar-refractivity contribution in [2.75, 3.05) is 14.2 Å². The van der Waals surface area contributed by atoms with Crippen molar-refractivity contribution in [2.24, 2.45) is 0 Å². The van der Waals surface area contributed by atoms with Gasteiger partial charge < -0.3 is 14.5 Å². The number of methoxy groups -OCH3 is 2. The Morgan fingerprint density at radius 3 is 2.37 bits per heavy atom. The Morgan fingerprint density at radius 1 is 1.11 bits per heavy atom. The highest BCUT2D eigenvalue weighted by molar-refractivity contribution is 5.80. The van der Waals surface area contributed by atoms with E-state index in [-0.39, 0.29) is 5.41 Å². The molecule has 2 aromatic rings. The molecule has 4 heteroatoms. The van der Waals surface area contributed by atoms with E-state index in [0.717, 1.165) is 28.4 Å². The number of fused-ring (bicyclic) bond motifs is 1. The number of aromatic nitrogens is 2. The fraction of sp³-hybridized carbons (Fsp3) is 0.533. The molecule has 0 amide bonds. The van der Waals surface area contributed by atoms with Gasteiger partial charge in [-0.3, -0.25) is 0 Å². The van der Waals surface area contributed by atoms with Crippen LogP contribution in [0, 0.1) is 0 Å². The minimum absolute atomic E-state index is 0.194. The molecule has 0 spiro atoms. The lowest BCUT2D eigenvalue weighted by Gasteiger charge is -2.19. The number of nitrogens with one attached hydrogen (secondary N) is 1. The van der Waals surface area contributed by atoms with Crippen LogP contribution >= 0.6 is 0 Å². The molecule has 1 N–H and O–H groups in total. The monoisotopic (exact) mass is 260 g/mol. The van der Waals surface area contributed by atoms with E-state index in [1.54, 1.807) is 14.2 Å². The summed E-state index contributed by atoms with van der Waals surface area (Å²) in [4.78, 5) is 8.22. The minimum atomic E-state index is 0.194. The van der Waals surface area contributed by atoms with Crippen LogP contribution in [-0.4, -0.2) is 24.2 Å². The maximum atomic E-state index is 5.33. The molecule has 102 valence electrons. The standard InChI is InChI=1S/C15H20N2O2/c1-15(6-4-5-7-15)14-16-10-8-12(18-2)13(19-3)9-11(10)17-14/h8-9H,4-7H2,1-3H3,(H,16,17). The molecule has 0 atom stereocenters. The van der Waals surface area contributed by atoms with Crippen LogP contribution in [0.5, 0.6) is 11.5 Å². The van der Waals surface area contributed by atoms with Crippen molar-refractivity contribution in [3.63, 3.8) is 0 Å². The van der Waals surface area contributed by atoms with Crippen molar-refractivity contribution in [1.82, 2.24) is 9.97 Å². The number of imidazole rings is 1. The highest BCUT2D eigenvalue weighted by Crippen LogP contribution is 2.40. The molecule has 1 aromatic heterocycles. The first-order valence-corrected chi connectivity index (χ1v) is 6.78. The maximum Gasteiger partial charge on any atom is 0.163 e. The normalized spacial score (nSPS) is 17.8. The van der Waals surface area contributed by atoms with Gasteiger partial charge in [0.05, 0.1) is 25.3 Å². The zero-order valence-corrected chi connectivity index (χ0v) is 11.7. The van der Waals surface area contributed by atoms with E-state index in [4.69, 9.17) is 14.5 Å². The minimum Gasteiger partial charge on any atom is -0.493 e. The molecule has 19 heavy (non-hydrogen) atoms. The van der Waals surface area contributed by atoms with Gasteiger partial charge in [0, 0.05) is 17.5 Å². The van der Waals surface area contributed by atoms with Gasteiger partial charge in [-0.05, 0) is 12.8 Å². The van der Waals surface area contributed by atoms with Gasteiger partial charge in [-0.2, -0.15) is 0 Å². The second-order valence-electron chi connectivity index (χ2n) is 5.58. The van der Waals surface area contributed by atoms with E-state index >= 15 is 0 Å². The zero-order chi connectivity index (χ0) is 13.5. The van der Waals surface area contributed by atoms with E-state index in [2.05, 4.69) is 11.9 Å². The van der Waals surface area contributed by atoms with Crippen molar-refractivity contribution >= 4 is 11.0 Å². The van der Waals surface area contributed by atoms with Crippen LogP contribution in [0.25, 0.3) is 11.0 Å². The van der Waals surface area contributed by atoms with Crippen molar-refractivity contribution in [2.45, 2.75) is 38.0 Å². The van der Waals surface area contributed by atoms with E-state index in [9.17, 15) is 0 Å². The number of hydrogen-bond acceptors (Lipinski definition) is 3. The molecule has 0 aliphatic heterocycles. The van der Waals surface area contributed by atoms with Crippen molar-refractivity contribution in [3.8, 4) is 11.5 Å². The highest BCUT2D eigenvalue weighted by atomic mass is 16.5. The van der Waals surface area contributed by atoms with Gasteiger partial charge in [0.15, 0.2) is 11.5 Å². The van der Waals surface area contributed by atoms with Gasteiger partial charge in [0.2, 0.25) is 0 Å². The number of nitrogens with zero attached hydrogens (tertiary/aromatic N) is 1. The number of H-pyrrole nitrogens is 1. The fourth-order valence-corrected chi connectivity index (χ4v) is 3.01. The summed E-state index contributed by atoms with van der Waals surface area (Å²) < 4.78 is 10.7. The molecule has 1 aliphatic carbocycles. The average Bonchev–Trinajstić information content (AvgIpc) is 3.03. The predicted octanol–water partition coefficient (Wildman–Crippen LogP) is 3.41. The Kier molecular flexibility index (Phi) is 2.88. The Labute approximate surface area is 113 Å². The van der Waals surface area contributed by atoms with Crippen molar-refractivity contribution < 1.29 is 9.47 Å². The molecular formula is C15H20N2O2. The van der Waals surface area contributed by atoms with E-state index in [1.807, 2.05) is 12.1 Å². The lowest BCUT2D eigenvalue weighted by molar-refractivity contribution is 0.356. The fourth-order valence-electron chi connectivity index (χ4n) is 3.01. The van der Waals surface area contributed by atoms with Gasteiger partial charge in [0.25, 0.3) is 0 Å². The summed E-state index contributed by atoms with van der Waals surface area (Å²) in [5.74, 6) is 2.56. The number of aromatic amines is 1. The molecule has 0 unspecified atom stereocenters. The van der Waals surface area contributed by atoms with Gasteiger partial charge in [-0.25, -0.2) is 4.98 Å². The second-order valence-corrected chi connectivity index (χ2v) is 5.58. The predicted molar refractivity (Wildman–Crippen MR) is 75.0 cm³/mol. The van der Waals surface area contributed by atoms with E-state index in [1.165, 1.54) is 25.7 Å². The summed E-state index contributed by atoms with van der Waals surface area (Å²) in [6, 6.07) is 3.90. The number of hydrogen-bond donors (Lipinski definition) is 1. The van der Waals surface area contributed by atoms with E-state index in [0.29, 0.717) is 0 Å². The molecule has 4 nitrogen and oxygen atoms in total.